The van der Waals surface area contributed by atoms with Gasteiger partial charge in [-0.2, -0.15) is 0 Å². The molecule has 0 bridgehead atoms. The zero-order valence-electron chi connectivity index (χ0n) is 7.26. The van der Waals surface area contributed by atoms with Crippen LogP contribution in [-0.2, 0) is 4.79 Å². The maximum Gasteiger partial charge on any atom is 0.220 e. The van der Waals surface area contributed by atoms with E-state index < -0.39 is 0 Å². The molecule has 3 nitrogen and oxygen atoms in total. The van der Waals surface area contributed by atoms with Crippen LogP contribution in [-0.4, -0.2) is 12.5 Å². The van der Waals surface area contributed by atoms with Crippen molar-refractivity contribution in [3.63, 3.8) is 0 Å². The van der Waals surface area contributed by atoms with E-state index in [0.717, 1.165) is 16.0 Å². The Morgan fingerprint density at radius 1 is 1.69 bits per heavy atom. The Bertz CT molecular complexity index is 345. The van der Waals surface area contributed by atoms with Gasteiger partial charge in [0, 0.05) is 18.9 Å². The molecule has 1 aromatic rings. The van der Waals surface area contributed by atoms with Gasteiger partial charge in [0.25, 0.3) is 0 Å². The van der Waals surface area contributed by atoms with Gasteiger partial charge in [0.2, 0.25) is 5.91 Å². The fourth-order valence-corrected chi connectivity index (χ4v) is 2.17. The summed E-state index contributed by atoms with van der Waals surface area (Å²) in [6.07, 6.45) is 0.542. The Morgan fingerprint density at radius 2 is 2.46 bits per heavy atom. The fourth-order valence-electron chi connectivity index (χ4n) is 1.65. The van der Waals surface area contributed by atoms with E-state index in [0.29, 0.717) is 13.0 Å². The fraction of sp³-hybridized carbons (Fsp3) is 0.444. The maximum atomic E-state index is 11.0. The average molecular weight is 244 g/mol. The van der Waals surface area contributed by atoms with E-state index in [1.54, 1.807) is 0 Å². The Hall–Kier alpha value is -0.770. The van der Waals surface area contributed by atoms with Gasteiger partial charge in [0.1, 0.15) is 5.76 Å². The SMILES string of the molecule is Cc1cc(Br)oc1C1CNC(=O)C1. The van der Waals surface area contributed by atoms with Crippen molar-refractivity contribution in [2.75, 3.05) is 6.54 Å². The summed E-state index contributed by atoms with van der Waals surface area (Å²) >= 11 is 3.27. The molecule has 0 saturated carbocycles. The van der Waals surface area contributed by atoms with Crippen molar-refractivity contribution in [2.24, 2.45) is 0 Å². The Morgan fingerprint density at radius 3 is 2.92 bits per heavy atom. The molecule has 1 atom stereocenters. The second-order valence-electron chi connectivity index (χ2n) is 3.30. The smallest absolute Gasteiger partial charge is 0.220 e. The van der Waals surface area contributed by atoms with Crippen LogP contribution in [0.4, 0.5) is 0 Å². The lowest BCUT2D eigenvalue weighted by molar-refractivity contribution is -0.119. The third-order valence-corrected chi connectivity index (χ3v) is 2.67. The topological polar surface area (TPSA) is 42.2 Å². The lowest BCUT2D eigenvalue weighted by Gasteiger charge is -2.03. The minimum atomic E-state index is 0.108. The van der Waals surface area contributed by atoms with Crippen LogP contribution in [0.5, 0.6) is 0 Å². The van der Waals surface area contributed by atoms with E-state index in [1.165, 1.54) is 0 Å². The van der Waals surface area contributed by atoms with Gasteiger partial charge in [-0.1, -0.05) is 0 Å². The van der Waals surface area contributed by atoms with Crippen molar-refractivity contribution >= 4 is 21.8 Å². The molecule has 1 N–H and O–H groups in total. The zero-order valence-corrected chi connectivity index (χ0v) is 8.85. The van der Waals surface area contributed by atoms with Crippen molar-refractivity contribution < 1.29 is 9.21 Å². The van der Waals surface area contributed by atoms with Gasteiger partial charge >= 0.3 is 0 Å². The molecule has 1 fully saturated rings. The van der Waals surface area contributed by atoms with Gasteiger partial charge in [0.15, 0.2) is 4.67 Å². The summed E-state index contributed by atoms with van der Waals surface area (Å²) in [6, 6.07) is 1.93. The monoisotopic (exact) mass is 243 g/mol. The summed E-state index contributed by atoms with van der Waals surface area (Å²) in [5.74, 6) is 1.24. The first-order valence-electron chi connectivity index (χ1n) is 4.19. The molecule has 0 aliphatic carbocycles. The number of amides is 1. The number of nitrogens with one attached hydrogen (secondary N) is 1. The normalized spacial score (nSPS) is 22.0. The summed E-state index contributed by atoms with van der Waals surface area (Å²) in [6.45, 7) is 2.69. The number of halogens is 1. The van der Waals surface area contributed by atoms with E-state index in [1.807, 2.05) is 13.0 Å². The molecule has 1 aromatic heterocycles. The first kappa shape index (κ1) is 8.81. The van der Waals surface area contributed by atoms with E-state index in [-0.39, 0.29) is 11.8 Å². The third-order valence-electron chi connectivity index (χ3n) is 2.27. The van der Waals surface area contributed by atoms with Gasteiger partial charge in [-0.05, 0) is 34.5 Å². The lowest BCUT2D eigenvalue weighted by atomic mass is 10.0. The van der Waals surface area contributed by atoms with Crippen LogP contribution in [0.1, 0.15) is 23.7 Å². The number of hydrogen-bond donors (Lipinski definition) is 1. The predicted molar refractivity (Wildman–Crippen MR) is 51.5 cm³/mol. The molecule has 0 radical (unpaired) electrons. The molecule has 1 aliphatic heterocycles. The molecule has 2 heterocycles. The van der Waals surface area contributed by atoms with Crippen molar-refractivity contribution in [3.8, 4) is 0 Å². The van der Waals surface area contributed by atoms with Gasteiger partial charge < -0.3 is 9.73 Å². The van der Waals surface area contributed by atoms with Crippen molar-refractivity contribution in [1.29, 1.82) is 0 Å². The molecular formula is C9H10BrNO2. The summed E-state index contributed by atoms with van der Waals surface area (Å²) < 4.78 is 6.21. The highest BCUT2D eigenvalue weighted by Crippen LogP contribution is 2.30. The highest BCUT2D eigenvalue weighted by atomic mass is 79.9. The first-order chi connectivity index (χ1) is 6.16. The van der Waals surface area contributed by atoms with Crippen LogP contribution in [0.3, 0.4) is 0 Å². The minimum Gasteiger partial charge on any atom is -0.454 e. The van der Waals surface area contributed by atoms with Crippen LogP contribution < -0.4 is 5.32 Å². The number of hydrogen-bond acceptors (Lipinski definition) is 2. The Balaban J connectivity index is 2.25. The molecular weight excluding hydrogens is 234 g/mol. The predicted octanol–water partition coefficient (Wildman–Crippen LogP) is 1.95. The first-order valence-corrected chi connectivity index (χ1v) is 4.98. The third kappa shape index (κ3) is 1.63. The number of carbonyl (C=O) groups is 1. The Labute approximate surface area is 84.6 Å². The summed E-state index contributed by atoms with van der Waals surface area (Å²) in [5, 5.41) is 2.79. The van der Waals surface area contributed by atoms with E-state index in [9.17, 15) is 4.79 Å². The lowest BCUT2D eigenvalue weighted by Crippen LogP contribution is -2.13. The average Bonchev–Trinajstić information content (AvgIpc) is 2.58. The number of rotatable bonds is 1. The van der Waals surface area contributed by atoms with Gasteiger partial charge in [-0.3, -0.25) is 4.79 Å². The number of carbonyl (C=O) groups excluding carboxylic acids is 1. The molecule has 1 unspecified atom stereocenters. The van der Waals surface area contributed by atoms with Crippen LogP contribution in [0.15, 0.2) is 15.2 Å². The van der Waals surface area contributed by atoms with E-state index >= 15 is 0 Å². The van der Waals surface area contributed by atoms with E-state index in [2.05, 4.69) is 21.2 Å². The molecule has 0 spiro atoms. The molecule has 1 amide bonds. The van der Waals surface area contributed by atoms with Crippen molar-refractivity contribution in [1.82, 2.24) is 5.32 Å². The molecule has 1 aliphatic rings. The highest BCUT2D eigenvalue weighted by Gasteiger charge is 2.27. The zero-order chi connectivity index (χ0) is 9.42. The van der Waals surface area contributed by atoms with E-state index in [4.69, 9.17) is 4.42 Å². The second kappa shape index (κ2) is 3.18. The standard InChI is InChI=1S/C9H10BrNO2/c1-5-2-7(10)13-9(5)6-3-8(12)11-4-6/h2,6H,3-4H2,1H3,(H,11,12). The molecule has 2 rings (SSSR count). The second-order valence-corrected chi connectivity index (χ2v) is 4.08. The quantitative estimate of drug-likeness (QED) is 0.820. The molecule has 1 saturated heterocycles. The van der Waals surface area contributed by atoms with Gasteiger partial charge in [-0.25, -0.2) is 0 Å². The van der Waals surface area contributed by atoms with Crippen molar-refractivity contribution in [2.45, 2.75) is 19.3 Å². The highest BCUT2D eigenvalue weighted by molar-refractivity contribution is 9.10. The molecule has 70 valence electrons. The van der Waals surface area contributed by atoms with Crippen LogP contribution in [0, 0.1) is 6.92 Å². The van der Waals surface area contributed by atoms with Gasteiger partial charge in [0.05, 0.1) is 0 Å². The molecule has 0 aromatic carbocycles. The van der Waals surface area contributed by atoms with Crippen LogP contribution >= 0.6 is 15.9 Å². The number of aryl methyl sites for hydroxylation is 1. The minimum absolute atomic E-state index is 0.108. The summed E-state index contributed by atoms with van der Waals surface area (Å²) in [5.41, 5.74) is 1.10. The molecule has 13 heavy (non-hydrogen) atoms. The Kier molecular flexibility index (Phi) is 2.15. The largest absolute Gasteiger partial charge is 0.454 e. The summed E-state index contributed by atoms with van der Waals surface area (Å²) in [7, 11) is 0. The van der Waals surface area contributed by atoms with Crippen molar-refractivity contribution in [3.05, 3.63) is 22.1 Å². The van der Waals surface area contributed by atoms with Crippen LogP contribution in [0.2, 0.25) is 0 Å². The summed E-state index contributed by atoms with van der Waals surface area (Å²) in [4.78, 5) is 11.0. The molecule has 4 heteroatoms. The number of furan rings is 1. The maximum absolute atomic E-state index is 11.0. The van der Waals surface area contributed by atoms with Gasteiger partial charge in [-0.15, -0.1) is 0 Å². The van der Waals surface area contributed by atoms with Crippen LogP contribution in [0.25, 0.3) is 0 Å².